The van der Waals surface area contributed by atoms with Gasteiger partial charge in [0.2, 0.25) is 0 Å². The number of nitrogen functional groups attached to an aromatic ring is 5. The van der Waals surface area contributed by atoms with E-state index in [0.717, 1.165) is 168 Å². The number of Topliss-reactive ketones (excluding diaryl/α,β-unsaturated/α-hetero) is 4. The van der Waals surface area contributed by atoms with E-state index in [1.165, 1.54) is 42.0 Å². The van der Waals surface area contributed by atoms with Crippen molar-refractivity contribution in [3.63, 3.8) is 0 Å². The molecular weight excluding hydrogens is 1740 g/mol. The summed E-state index contributed by atoms with van der Waals surface area (Å²) in [6, 6.07) is 71.8. The van der Waals surface area contributed by atoms with Gasteiger partial charge in [0, 0.05) is 121 Å². The van der Waals surface area contributed by atoms with Gasteiger partial charge in [-0.25, -0.2) is 17.6 Å². The summed E-state index contributed by atoms with van der Waals surface area (Å²) in [7, 11) is 4.15. The lowest BCUT2D eigenvalue weighted by Gasteiger charge is -2.35. The molecule has 18 rings (SSSR count). The zero-order valence-electron chi connectivity index (χ0n) is 78.3. The van der Waals surface area contributed by atoms with Crippen molar-refractivity contribution < 1.29 is 46.3 Å². The molecule has 0 aliphatic carbocycles. The number of esters is 1. The maximum atomic E-state index is 13.9. The monoisotopic (exact) mass is 1860 g/mol. The number of carbonyl (C=O) groups excluding carboxylic acids is 5. The molecule has 0 bridgehead atoms. The third kappa shape index (κ3) is 29.5. The Labute approximate surface area is 804 Å². The summed E-state index contributed by atoms with van der Waals surface area (Å²) >= 11 is 0. The van der Waals surface area contributed by atoms with Gasteiger partial charge in [0.15, 0.2) is 0 Å². The summed E-state index contributed by atoms with van der Waals surface area (Å²) < 4.78 is 59.3. The molecule has 5 aliphatic rings. The van der Waals surface area contributed by atoms with Crippen LogP contribution in [0.4, 0.5) is 46.0 Å². The fourth-order valence-corrected chi connectivity index (χ4v) is 17.9. The highest BCUT2D eigenvalue weighted by molar-refractivity contribution is 5.87. The number of piperidine rings is 4. The summed E-state index contributed by atoms with van der Waals surface area (Å²) in [6.45, 7) is 11.5. The van der Waals surface area contributed by atoms with Gasteiger partial charge in [0.1, 0.15) is 46.4 Å². The molecule has 0 atom stereocenters. The van der Waals surface area contributed by atoms with Crippen molar-refractivity contribution in [3.8, 4) is 56.3 Å². The number of aromatic nitrogens is 7. The Morgan fingerprint density at radius 3 is 1.04 bits per heavy atom. The van der Waals surface area contributed by atoms with Crippen LogP contribution in [-0.2, 0) is 80.4 Å². The van der Waals surface area contributed by atoms with Gasteiger partial charge in [-0.05, 0) is 275 Å². The lowest BCUT2D eigenvalue weighted by Crippen LogP contribution is -2.44. The van der Waals surface area contributed by atoms with E-state index in [2.05, 4.69) is 72.5 Å². The molecular formula is C111H121F4N17O6. The smallest absolute Gasteiger partial charge is 0.311 e. The largest absolute Gasteiger partial charge is 0.465 e. The highest BCUT2D eigenvalue weighted by Crippen LogP contribution is 2.33. The van der Waals surface area contributed by atoms with Crippen LogP contribution in [0.2, 0.25) is 0 Å². The third-order valence-corrected chi connectivity index (χ3v) is 26.1. The van der Waals surface area contributed by atoms with Gasteiger partial charge < -0.3 is 43.2 Å². The van der Waals surface area contributed by atoms with Crippen LogP contribution < -0.4 is 28.7 Å². The number of hydrogen-bond acceptors (Lipinski definition) is 23. The number of hydrogen-bond donors (Lipinski definition) is 5. The summed E-state index contributed by atoms with van der Waals surface area (Å²) in [5.74, 6) is 0.463. The normalized spacial score (nSPS) is 15.4. The molecule has 7 aromatic heterocycles. The van der Waals surface area contributed by atoms with Crippen LogP contribution in [0.1, 0.15) is 103 Å². The van der Waals surface area contributed by atoms with E-state index >= 15 is 0 Å². The zero-order valence-corrected chi connectivity index (χ0v) is 78.3. The number of ketones is 4. The van der Waals surface area contributed by atoms with Crippen LogP contribution in [-0.4, -0.2) is 175 Å². The lowest BCUT2D eigenvalue weighted by atomic mass is 9.89. The molecule has 27 heteroatoms. The Morgan fingerprint density at radius 2 is 0.674 bits per heavy atom. The Kier molecular flexibility index (Phi) is 36.0. The van der Waals surface area contributed by atoms with Gasteiger partial charge in [0.05, 0.1) is 124 Å². The average molecular weight is 1870 g/mol. The van der Waals surface area contributed by atoms with Crippen molar-refractivity contribution in [1.29, 1.82) is 0 Å². The quantitative estimate of drug-likeness (QED) is 0.0225. The van der Waals surface area contributed by atoms with Crippen molar-refractivity contribution in [2.24, 2.45) is 29.6 Å². The fraction of sp³-hybridized carbons (Fsp3) is 0.315. The first-order chi connectivity index (χ1) is 66.9. The SMILES string of the molecule is CN1CC(CC(=O)Cc2nc(-c3ccc(F)cc3)ccc2N)C1.CN1CCC(COC(=O)Cc2nc(-c3ccc(F)cc3)ccc2N)CC1.Nc1ccc(-c2ccccc2)nc1CC(=O)C1CCN(Cc2ccccc2F)CC1.Nc1ccc(-c2ccccc2)nc1CC(=O)C1CCN(Cc2cccnc2)CC1.Nc1ccc(-c2cccnc2)nc1CC(=O)C1CCN(Cc2ccccc2F)CC1. The number of pyridine rings is 7. The van der Waals surface area contributed by atoms with Crippen molar-refractivity contribution in [2.45, 2.75) is 110 Å². The topological polar surface area (TPSA) is 331 Å². The van der Waals surface area contributed by atoms with Gasteiger partial charge in [-0.1, -0.05) is 103 Å². The van der Waals surface area contributed by atoms with Gasteiger partial charge in [-0.3, -0.25) is 73.6 Å². The Balaban J connectivity index is 0.000000138. The van der Waals surface area contributed by atoms with Gasteiger partial charge in [-0.15, -0.1) is 0 Å². The molecule has 0 radical (unpaired) electrons. The Morgan fingerprint density at radius 1 is 0.333 bits per heavy atom. The number of halogens is 4. The minimum atomic E-state index is -0.320. The van der Waals surface area contributed by atoms with E-state index in [9.17, 15) is 41.5 Å². The maximum absolute atomic E-state index is 13.9. The maximum Gasteiger partial charge on any atom is 0.311 e. The van der Waals surface area contributed by atoms with Crippen LogP contribution in [0.15, 0.2) is 267 Å². The standard InChI is InChI=1S/C25H26FN3O.C24H25FN4O.C24H26N4O.C20H24FN3O2.C18H20FN3O/c26-21-9-5-4-8-20(21)17-29-14-12-19(13-15-29)25(30)16-24-22(27)10-11-23(28-24)18-6-2-1-3-7-18;25-20-6-2-1-4-19(20)16-29-12-9-17(10-13-29)24(30)14-23-21(26)7-8-22(28-23)18-5-3-11-27-15-18;25-21-8-9-22(19-6-2-1-3-7-19)27-23(21)15-24(29)20-10-13-28(14-11-20)17-18-5-4-12-26-16-18;1-24-10-8-14(9-11-24)13-26-20(25)12-19-17(22)6-7-18(23-19)15-2-4-16(21)5-3-15;1-22-10-12(11-22)8-15(23)9-18-16(20)6-7-17(21-18)13-2-4-14(19)5-3-13/h1-11,19H,12-17,27H2;1-8,11,15,17H,9-10,12-14,16,26H2;1-9,12,16,20H,10-11,13-15,17,25H2;2-7,14H,8-13,22H2,1H3;2-7,12H,8-11,20H2,1H3. The molecule has 714 valence electrons. The molecule has 138 heavy (non-hydrogen) atoms. The van der Waals surface area contributed by atoms with Crippen LogP contribution in [0.5, 0.6) is 0 Å². The molecule has 0 saturated carbocycles. The minimum Gasteiger partial charge on any atom is -0.465 e. The Hall–Kier alpha value is -14.0. The number of anilines is 5. The molecule has 12 heterocycles. The van der Waals surface area contributed by atoms with Crippen molar-refractivity contribution in [3.05, 3.63) is 336 Å². The number of ether oxygens (including phenoxy) is 1. The van der Waals surface area contributed by atoms with Crippen molar-refractivity contribution >= 4 is 57.5 Å². The molecule has 13 aromatic rings. The minimum absolute atomic E-state index is 0.00320. The predicted molar refractivity (Wildman–Crippen MR) is 535 cm³/mol. The number of likely N-dealkylation sites (tertiary alicyclic amines) is 5. The number of nitrogens with two attached hydrogens (primary N) is 5. The highest BCUT2D eigenvalue weighted by atomic mass is 19.1. The second kappa shape index (κ2) is 49.7. The number of nitrogens with zero attached hydrogens (tertiary/aromatic N) is 12. The van der Waals surface area contributed by atoms with E-state index in [4.69, 9.17) is 33.4 Å². The number of benzene rings is 6. The third-order valence-electron chi connectivity index (χ3n) is 26.1. The zero-order chi connectivity index (χ0) is 96.8. The molecule has 5 aliphatic heterocycles. The molecule has 0 unspecified atom stereocenters. The first-order valence-electron chi connectivity index (χ1n) is 47.4. The van der Waals surface area contributed by atoms with Crippen LogP contribution >= 0.6 is 0 Å². The molecule has 0 amide bonds. The van der Waals surface area contributed by atoms with Crippen LogP contribution in [0.25, 0.3) is 56.3 Å². The number of carbonyl (C=O) groups is 5. The molecule has 5 saturated heterocycles. The molecule has 10 N–H and O–H groups in total. The highest BCUT2D eigenvalue weighted by Gasteiger charge is 2.32. The van der Waals surface area contributed by atoms with Crippen LogP contribution in [0.3, 0.4) is 0 Å². The Bertz CT molecular complexity index is 6010. The van der Waals surface area contributed by atoms with E-state index in [-0.39, 0.29) is 95.8 Å². The van der Waals surface area contributed by atoms with Gasteiger partial charge >= 0.3 is 5.97 Å². The summed E-state index contributed by atoms with van der Waals surface area (Å²) in [4.78, 5) is 106. The molecule has 0 spiro atoms. The molecule has 23 nitrogen and oxygen atoms in total. The first-order valence-corrected chi connectivity index (χ1v) is 47.4. The van der Waals surface area contributed by atoms with Crippen LogP contribution in [0, 0.1) is 52.9 Å². The summed E-state index contributed by atoms with van der Waals surface area (Å²) in [6.07, 6.45) is 15.8. The fourth-order valence-electron chi connectivity index (χ4n) is 17.9. The van der Waals surface area contributed by atoms with Crippen molar-refractivity contribution in [1.82, 2.24) is 59.4 Å². The average Bonchev–Trinajstić information content (AvgIpc) is 0.806. The second-order valence-corrected chi connectivity index (χ2v) is 36.4. The summed E-state index contributed by atoms with van der Waals surface area (Å²) in [5, 5.41) is 0. The van der Waals surface area contributed by atoms with Gasteiger partial charge in [0.25, 0.3) is 0 Å². The van der Waals surface area contributed by atoms with Gasteiger partial charge in [-0.2, -0.15) is 0 Å². The first kappa shape index (κ1) is 100.0. The molecule has 6 aromatic carbocycles. The van der Waals surface area contributed by atoms with E-state index in [0.29, 0.717) is 124 Å². The van der Waals surface area contributed by atoms with E-state index in [1.807, 2.05) is 147 Å². The number of rotatable bonds is 28. The lowest BCUT2D eigenvalue weighted by molar-refractivity contribution is -0.144. The predicted octanol–water partition coefficient (Wildman–Crippen LogP) is 17.6. The van der Waals surface area contributed by atoms with E-state index in [1.54, 1.807) is 85.3 Å². The second-order valence-electron chi connectivity index (χ2n) is 36.4. The molecule has 5 fully saturated rings. The van der Waals surface area contributed by atoms with E-state index < -0.39 is 0 Å². The summed E-state index contributed by atoms with van der Waals surface area (Å²) in [5.41, 5.74) is 46.9. The van der Waals surface area contributed by atoms with Crippen molar-refractivity contribution in [2.75, 3.05) is 115 Å².